The number of piperidine rings is 1. The van der Waals surface area contributed by atoms with E-state index in [0.29, 0.717) is 43.8 Å². The van der Waals surface area contributed by atoms with Crippen molar-refractivity contribution in [3.63, 3.8) is 0 Å². The van der Waals surface area contributed by atoms with Crippen LogP contribution in [-0.2, 0) is 25.6 Å². The highest BCUT2D eigenvalue weighted by atomic mass is 32.2. The molecule has 2 saturated heterocycles. The van der Waals surface area contributed by atoms with Gasteiger partial charge in [-0.2, -0.15) is 0 Å². The number of morpholine rings is 1. The van der Waals surface area contributed by atoms with Crippen LogP contribution in [0.5, 0.6) is 0 Å². The molecule has 2 unspecified atom stereocenters. The second-order valence-electron chi connectivity index (χ2n) is 7.03. The fourth-order valence-corrected chi connectivity index (χ4v) is 4.33. The summed E-state index contributed by atoms with van der Waals surface area (Å²) in [6, 6.07) is -0.507. The number of likely N-dealkylation sites (tertiary alicyclic amines) is 1. The summed E-state index contributed by atoms with van der Waals surface area (Å²) in [6.07, 6.45) is 7.01. The second kappa shape index (κ2) is 10.4. The Balaban J connectivity index is 2.05. The zero-order chi connectivity index (χ0) is 21.6. The summed E-state index contributed by atoms with van der Waals surface area (Å²) in [5, 5.41) is 9.07. The van der Waals surface area contributed by atoms with Crippen molar-refractivity contribution in [2.75, 3.05) is 13.1 Å². The van der Waals surface area contributed by atoms with Gasteiger partial charge in [-0.25, -0.2) is 0 Å². The van der Waals surface area contributed by atoms with Crippen molar-refractivity contribution in [1.29, 1.82) is 0 Å². The van der Waals surface area contributed by atoms with Gasteiger partial charge in [-0.15, -0.1) is 0 Å². The second-order valence-corrected chi connectivity index (χ2v) is 7.85. The third kappa shape index (κ3) is 5.57. The van der Waals surface area contributed by atoms with Gasteiger partial charge in [-0.1, -0.05) is 25.3 Å². The number of hydrogen-bond acceptors (Lipinski definition) is 5. The van der Waals surface area contributed by atoms with Crippen molar-refractivity contribution in [3.8, 4) is 0 Å². The standard InChI is InChI=1S/C20H28N2O6S/c1-4-6-16-18(7-5-2)28-17(14(3)22(16)29(26)27)8-9-19(23)21-12-10-15(11-13-21)20(24)25/h4-7,14-15,17H,1-2,8-13H2,3H3,(H,24,25)(H,26,27)/p-1/b16-6+,18-7+/t14-,17?/m1/s1. The Hall–Kier alpha value is -2.39. The SMILES string of the molecule is C=C/C=C1/OC(CCC(=O)N2CCC(C(=O)O)CC2)[C@@H](C)N(S(=O)[O-])/C1=C/C=C. The highest BCUT2D eigenvalue weighted by Gasteiger charge is 2.36. The van der Waals surface area contributed by atoms with Gasteiger partial charge >= 0.3 is 5.97 Å². The van der Waals surface area contributed by atoms with Crippen LogP contribution in [0.2, 0.25) is 0 Å². The highest BCUT2D eigenvalue weighted by Crippen LogP contribution is 2.33. The van der Waals surface area contributed by atoms with Crippen molar-refractivity contribution in [1.82, 2.24) is 9.21 Å². The van der Waals surface area contributed by atoms with Crippen molar-refractivity contribution >= 4 is 23.1 Å². The quantitative estimate of drug-likeness (QED) is 0.628. The fraction of sp³-hybridized carbons (Fsp3) is 0.500. The molecule has 0 bridgehead atoms. The molecule has 2 rings (SSSR count). The van der Waals surface area contributed by atoms with Gasteiger partial charge in [-0.05, 0) is 38.3 Å². The Labute approximate surface area is 173 Å². The van der Waals surface area contributed by atoms with E-state index in [1.165, 1.54) is 16.5 Å². The number of ether oxygens (including phenoxy) is 1. The Morgan fingerprint density at radius 2 is 1.90 bits per heavy atom. The van der Waals surface area contributed by atoms with Crippen LogP contribution in [-0.4, -0.2) is 60.2 Å². The van der Waals surface area contributed by atoms with Crippen LogP contribution in [0, 0.1) is 5.92 Å². The van der Waals surface area contributed by atoms with Crippen molar-refractivity contribution in [2.24, 2.45) is 5.92 Å². The van der Waals surface area contributed by atoms with Crippen molar-refractivity contribution in [2.45, 2.75) is 44.8 Å². The maximum Gasteiger partial charge on any atom is 0.306 e. The van der Waals surface area contributed by atoms with Crippen molar-refractivity contribution in [3.05, 3.63) is 48.9 Å². The van der Waals surface area contributed by atoms with Gasteiger partial charge in [-0.3, -0.25) is 18.1 Å². The molecule has 2 aliphatic rings. The van der Waals surface area contributed by atoms with Crippen LogP contribution in [0.3, 0.4) is 0 Å². The molecule has 0 aliphatic carbocycles. The van der Waals surface area contributed by atoms with E-state index in [1.54, 1.807) is 24.0 Å². The zero-order valence-corrected chi connectivity index (χ0v) is 17.3. The first-order valence-electron chi connectivity index (χ1n) is 9.51. The number of hydrogen-bond donors (Lipinski definition) is 1. The van der Waals surface area contributed by atoms with E-state index < -0.39 is 35.3 Å². The average molecular weight is 424 g/mol. The van der Waals surface area contributed by atoms with Gasteiger partial charge in [0.1, 0.15) is 11.9 Å². The molecule has 0 aromatic carbocycles. The molecular weight excluding hydrogens is 396 g/mol. The summed E-state index contributed by atoms with van der Waals surface area (Å²) < 4.78 is 30.9. The number of rotatable bonds is 7. The van der Waals surface area contributed by atoms with Crippen molar-refractivity contribution < 1.29 is 28.2 Å². The van der Waals surface area contributed by atoms with Gasteiger partial charge in [0.2, 0.25) is 5.91 Å². The fourth-order valence-electron chi connectivity index (χ4n) is 3.62. The van der Waals surface area contributed by atoms with E-state index in [9.17, 15) is 18.4 Å². The number of carboxylic acids is 1. The number of aliphatic carboxylic acids is 1. The molecule has 0 spiro atoms. The largest absolute Gasteiger partial charge is 0.755 e. The van der Waals surface area contributed by atoms with Crippen LogP contribution >= 0.6 is 0 Å². The van der Waals surface area contributed by atoms with Gasteiger partial charge in [0, 0.05) is 30.8 Å². The zero-order valence-electron chi connectivity index (χ0n) is 16.5. The van der Waals surface area contributed by atoms with E-state index in [2.05, 4.69) is 13.2 Å². The highest BCUT2D eigenvalue weighted by molar-refractivity contribution is 7.76. The smallest absolute Gasteiger partial charge is 0.306 e. The lowest BCUT2D eigenvalue weighted by atomic mass is 9.96. The monoisotopic (exact) mass is 423 g/mol. The summed E-state index contributed by atoms with van der Waals surface area (Å²) in [7, 11) is 0. The molecule has 0 aromatic heterocycles. The van der Waals surface area contributed by atoms with Gasteiger partial charge < -0.3 is 19.3 Å². The normalized spacial score (nSPS) is 26.8. The van der Waals surface area contributed by atoms with Gasteiger partial charge in [0.15, 0.2) is 0 Å². The van der Waals surface area contributed by atoms with Gasteiger partial charge in [0.05, 0.1) is 17.7 Å². The van der Waals surface area contributed by atoms with E-state index in [1.807, 2.05) is 0 Å². The predicted molar refractivity (Wildman–Crippen MR) is 108 cm³/mol. The van der Waals surface area contributed by atoms with E-state index in [-0.39, 0.29) is 12.3 Å². The molecule has 3 atom stereocenters. The Kier molecular flexibility index (Phi) is 8.21. The van der Waals surface area contributed by atoms with Gasteiger partial charge in [0.25, 0.3) is 0 Å². The third-order valence-electron chi connectivity index (χ3n) is 5.22. The van der Waals surface area contributed by atoms with E-state index in [4.69, 9.17) is 9.84 Å². The summed E-state index contributed by atoms with van der Waals surface area (Å²) in [5.41, 5.74) is 0.360. The topological polar surface area (TPSA) is 110 Å². The predicted octanol–water partition coefficient (Wildman–Crippen LogP) is 2.11. The first-order chi connectivity index (χ1) is 13.8. The molecule has 9 heteroatoms. The minimum atomic E-state index is -2.52. The molecule has 8 nitrogen and oxygen atoms in total. The number of allylic oxidation sites excluding steroid dienone is 4. The van der Waals surface area contributed by atoms with E-state index in [0.717, 1.165) is 0 Å². The van der Waals surface area contributed by atoms with Crippen LogP contribution in [0.15, 0.2) is 48.9 Å². The number of carboxylic acid groups (broad SMARTS) is 1. The number of carbonyl (C=O) groups is 2. The van der Waals surface area contributed by atoms with Crippen LogP contribution < -0.4 is 0 Å². The molecule has 1 amide bonds. The minimum Gasteiger partial charge on any atom is -0.755 e. The maximum atomic E-state index is 12.5. The molecule has 2 fully saturated rings. The summed E-state index contributed by atoms with van der Waals surface area (Å²) in [4.78, 5) is 25.3. The molecule has 2 aliphatic heterocycles. The number of amides is 1. The van der Waals surface area contributed by atoms with Crippen LogP contribution in [0.1, 0.15) is 32.6 Å². The Morgan fingerprint density at radius 3 is 2.41 bits per heavy atom. The minimum absolute atomic E-state index is 0.0823. The molecule has 0 radical (unpaired) electrons. The lowest BCUT2D eigenvalue weighted by molar-refractivity contribution is -0.145. The third-order valence-corrected chi connectivity index (χ3v) is 6.07. The first kappa shape index (κ1) is 22.9. The molecular formula is C20H27N2O6S-. The number of nitrogens with zero attached hydrogens (tertiary/aromatic N) is 2. The maximum absolute atomic E-state index is 12.5. The first-order valence-corrected chi connectivity index (χ1v) is 10.5. The Morgan fingerprint density at radius 1 is 1.28 bits per heavy atom. The summed E-state index contributed by atoms with van der Waals surface area (Å²) >= 11 is -2.52. The average Bonchev–Trinajstić information content (AvgIpc) is 2.68. The molecule has 1 N–H and O–H groups in total. The Bertz CT molecular complexity index is 739. The molecule has 2 heterocycles. The molecule has 160 valence electrons. The summed E-state index contributed by atoms with van der Waals surface area (Å²) in [5.74, 6) is -0.955. The molecule has 0 saturated carbocycles. The molecule has 29 heavy (non-hydrogen) atoms. The van der Waals surface area contributed by atoms with E-state index >= 15 is 0 Å². The van der Waals surface area contributed by atoms with Crippen LogP contribution in [0.4, 0.5) is 0 Å². The summed E-state index contributed by atoms with van der Waals surface area (Å²) in [6.45, 7) is 9.81. The lowest BCUT2D eigenvalue weighted by Crippen LogP contribution is -2.48. The van der Waals surface area contributed by atoms with Crippen LogP contribution in [0.25, 0.3) is 0 Å². The lowest BCUT2D eigenvalue weighted by Gasteiger charge is -2.44. The number of carbonyl (C=O) groups excluding carboxylic acids is 1. The molecule has 0 aromatic rings.